The summed E-state index contributed by atoms with van der Waals surface area (Å²) in [5, 5.41) is 9.20. The van der Waals surface area contributed by atoms with E-state index >= 15 is 0 Å². The van der Waals surface area contributed by atoms with Gasteiger partial charge in [0.2, 0.25) is 0 Å². The number of aliphatic hydroxyl groups is 1. The van der Waals surface area contributed by atoms with E-state index in [0.29, 0.717) is 18.8 Å². The highest BCUT2D eigenvalue weighted by Crippen LogP contribution is 2.27. The van der Waals surface area contributed by atoms with E-state index in [9.17, 15) is 9.90 Å². The van der Waals surface area contributed by atoms with Gasteiger partial charge in [0.1, 0.15) is 5.69 Å². The summed E-state index contributed by atoms with van der Waals surface area (Å²) in [6, 6.07) is 7.63. The van der Waals surface area contributed by atoms with Gasteiger partial charge in [0.25, 0.3) is 5.91 Å². The number of hydrogen-bond donors (Lipinski definition) is 1. The zero-order valence-electron chi connectivity index (χ0n) is 15.4. The van der Waals surface area contributed by atoms with Crippen LogP contribution in [0.25, 0.3) is 11.3 Å². The molecule has 0 saturated carbocycles. The number of likely N-dealkylation sites (tertiary alicyclic amines) is 1. The molecule has 1 saturated heterocycles. The number of rotatable bonds is 4. The lowest BCUT2D eigenvalue weighted by atomic mass is 9.94. The van der Waals surface area contributed by atoms with E-state index in [0.717, 1.165) is 35.4 Å². The molecule has 0 bridgehead atoms. The minimum atomic E-state index is -0.0958. The van der Waals surface area contributed by atoms with Gasteiger partial charge in [-0.3, -0.25) is 14.8 Å². The minimum Gasteiger partial charge on any atom is -0.392 e. The molecule has 0 aliphatic carbocycles. The van der Waals surface area contributed by atoms with Gasteiger partial charge in [-0.15, -0.1) is 0 Å². The summed E-state index contributed by atoms with van der Waals surface area (Å²) in [4.78, 5) is 31.8. The number of nitrogens with zero attached hydrogens (tertiary/aromatic N) is 5. The molecule has 1 N–H and O–H groups in total. The molecular weight excluding hydrogens is 354 g/mol. The highest BCUT2D eigenvalue weighted by atomic mass is 16.3. The first kappa shape index (κ1) is 18.2. The van der Waals surface area contributed by atoms with Crippen molar-refractivity contribution >= 4 is 5.91 Å². The molecule has 0 spiro atoms. The SMILES string of the molecule is O=C(c1cnccn1)N1CCC[C@H](c2cncc(-c3ccc(CO)cc3)n2)C1. The number of benzene rings is 1. The van der Waals surface area contributed by atoms with Gasteiger partial charge in [-0.05, 0) is 18.4 Å². The molecule has 0 radical (unpaired) electrons. The Morgan fingerprint density at radius 3 is 2.71 bits per heavy atom. The van der Waals surface area contributed by atoms with E-state index in [4.69, 9.17) is 4.98 Å². The summed E-state index contributed by atoms with van der Waals surface area (Å²) in [7, 11) is 0. The fourth-order valence-electron chi connectivity index (χ4n) is 3.47. The van der Waals surface area contributed by atoms with E-state index in [1.807, 2.05) is 29.2 Å². The highest BCUT2D eigenvalue weighted by molar-refractivity contribution is 5.92. The molecule has 2 aromatic heterocycles. The predicted molar refractivity (Wildman–Crippen MR) is 103 cm³/mol. The molecule has 3 aromatic rings. The molecule has 1 fully saturated rings. The lowest BCUT2D eigenvalue weighted by molar-refractivity contribution is 0.0699. The standard InChI is InChI=1S/C21H21N5O2/c27-14-15-3-5-16(6-4-15)18-10-23-11-19(25-18)17-2-1-9-26(13-17)21(28)20-12-22-7-8-24-20/h3-8,10-12,17,27H,1-2,9,13-14H2/t17-/m0/s1. The second-order valence-corrected chi connectivity index (χ2v) is 6.87. The number of carbonyl (C=O) groups excluding carboxylic acids is 1. The Labute approximate surface area is 163 Å². The van der Waals surface area contributed by atoms with Crippen LogP contribution in [0, 0.1) is 0 Å². The largest absolute Gasteiger partial charge is 0.392 e. The summed E-state index contributed by atoms with van der Waals surface area (Å²) in [6.07, 6.45) is 9.99. The molecule has 28 heavy (non-hydrogen) atoms. The van der Waals surface area contributed by atoms with Gasteiger partial charge in [0.15, 0.2) is 0 Å². The Bertz CT molecular complexity index is 947. The summed E-state index contributed by atoms with van der Waals surface area (Å²) >= 11 is 0. The van der Waals surface area contributed by atoms with Crippen molar-refractivity contribution < 1.29 is 9.90 Å². The number of aromatic nitrogens is 4. The first-order valence-electron chi connectivity index (χ1n) is 9.32. The predicted octanol–water partition coefficient (Wildman–Crippen LogP) is 2.45. The van der Waals surface area contributed by atoms with Crippen LogP contribution >= 0.6 is 0 Å². The number of piperidine rings is 1. The molecule has 1 atom stereocenters. The van der Waals surface area contributed by atoms with E-state index < -0.39 is 0 Å². The Kier molecular flexibility index (Phi) is 5.34. The lowest BCUT2D eigenvalue weighted by Crippen LogP contribution is -2.39. The zero-order valence-corrected chi connectivity index (χ0v) is 15.4. The Morgan fingerprint density at radius 2 is 1.96 bits per heavy atom. The van der Waals surface area contributed by atoms with Gasteiger partial charge in [-0.1, -0.05) is 24.3 Å². The van der Waals surface area contributed by atoms with Crippen LogP contribution in [-0.4, -0.2) is 48.9 Å². The maximum Gasteiger partial charge on any atom is 0.274 e. The molecule has 4 rings (SSSR count). The van der Waals surface area contributed by atoms with Crippen molar-refractivity contribution in [1.82, 2.24) is 24.8 Å². The fourth-order valence-corrected chi connectivity index (χ4v) is 3.47. The molecule has 7 nitrogen and oxygen atoms in total. The zero-order chi connectivity index (χ0) is 19.3. The summed E-state index contributed by atoms with van der Waals surface area (Å²) in [6.45, 7) is 1.32. The maximum atomic E-state index is 12.7. The topological polar surface area (TPSA) is 92.1 Å². The molecule has 7 heteroatoms. The van der Waals surface area contributed by atoms with E-state index in [-0.39, 0.29) is 18.4 Å². The molecule has 3 heterocycles. The molecule has 0 unspecified atom stereocenters. The van der Waals surface area contributed by atoms with Gasteiger partial charge >= 0.3 is 0 Å². The fraction of sp³-hybridized carbons (Fsp3) is 0.286. The second kappa shape index (κ2) is 8.22. The van der Waals surface area contributed by atoms with E-state index in [2.05, 4.69) is 15.0 Å². The first-order valence-corrected chi connectivity index (χ1v) is 9.32. The van der Waals surface area contributed by atoms with Crippen molar-refractivity contribution in [2.75, 3.05) is 13.1 Å². The van der Waals surface area contributed by atoms with Crippen LogP contribution in [0.5, 0.6) is 0 Å². The van der Waals surface area contributed by atoms with Gasteiger partial charge < -0.3 is 10.0 Å². The Morgan fingerprint density at radius 1 is 1.11 bits per heavy atom. The average Bonchev–Trinajstić information content (AvgIpc) is 2.79. The van der Waals surface area contributed by atoms with Crippen LogP contribution < -0.4 is 0 Å². The van der Waals surface area contributed by atoms with E-state index in [1.165, 1.54) is 12.4 Å². The lowest BCUT2D eigenvalue weighted by Gasteiger charge is -2.32. The first-order chi connectivity index (χ1) is 13.7. The monoisotopic (exact) mass is 375 g/mol. The number of amides is 1. The molecule has 1 aliphatic heterocycles. The Hall–Kier alpha value is -3.19. The van der Waals surface area contributed by atoms with Crippen LogP contribution in [-0.2, 0) is 6.61 Å². The van der Waals surface area contributed by atoms with Gasteiger partial charge in [0.05, 0.1) is 30.4 Å². The third-order valence-corrected chi connectivity index (χ3v) is 4.99. The second-order valence-electron chi connectivity index (χ2n) is 6.87. The van der Waals surface area contributed by atoms with Crippen molar-refractivity contribution in [1.29, 1.82) is 0 Å². The van der Waals surface area contributed by atoms with Crippen molar-refractivity contribution in [3.05, 3.63) is 72.2 Å². The third kappa shape index (κ3) is 3.89. The smallest absolute Gasteiger partial charge is 0.274 e. The molecule has 1 amide bonds. The van der Waals surface area contributed by atoms with Crippen LogP contribution in [0.1, 0.15) is 40.5 Å². The third-order valence-electron chi connectivity index (χ3n) is 4.99. The van der Waals surface area contributed by atoms with Crippen LogP contribution in [0.15, 0.2) is 55.2 Å². The maximum absolute atomic E-state index is 12.7. The van der Waals surface area contributed by atoms with Gasteiger partial charge in [0, 0.05) is 43.2 Å². The minimum absolute atomic E-state index is 0.0176. The Balaban J connectivity index is 1.53. The molecule has 1 aliphatic rings. The number of carbonyl (C=O) groups is 1. The van der Waals surface area contributed by atoms with Crippen molar-refractivity contribution in [3.63, 3.8) is 0 Å². The number of aliphatic hydroxyl groups excluding tert-OH is 1. The normalized spacial score (nSPS) is 16.8. The number of hydrogen-bond acceptors (Lipinski definition) is 6. The highest BCUT2D eigenvalue weighted by Gasteiger charge is 2.27. The molecule has 1 aromatic carbocycles. The van der Waals surface area contributed by atoms with Crippen molar-refractivity contribution in [2.45, 2.75) is 25.4 Å². The average molecular weight is 375 g/mol. The van der Waals surface area contributed by atoms with Crippen molar-refractivity contribution in [2.24, 2.45) is 0 Å². The van der Waals surface area contributed by atoms with Gasteiger partial charge in [-0.25, -0.2) is 9.97 Å². The van der Waals surface area contributed by atoms with Crippen LogP contribution in [0.2, 0.25) is 0 Å². The van der Waals surface area contributed by atoms with Crippen LogP contribution in [0.4, 0.5) is 0 Å². The van der Waals surface area contributed by atoms with E-state index in [1.54, 1.807) is 18.6 Å². The quantitative estimate of drug-likeness (QED) is 0.753. The van der Waals surface area contributed by atoms with Crippen molar-refractivity contribution in [3.8, 4) is 11.3 Å². The van der Waals surface area contributed by atoms with Gasteiger partial charge in [-0.2, -0.15) is 0 Å². The summed E-state index contributed by atoms with van der Waals surface area (Å²) in [5.74, 6) is 0.0417. The summed E-state index contributed by atoms with van der Waals surface area (Å²) < 4.78 is 0. The molecule has 142 valence electrons. The summed E-state index contributed by atoms with van der Waals surface area (Å²) in [5.41, 5.74) is 3.86. The van der Waals surface area contributed by atoms with Crippen LogP contribution in [0.3, 0.4) is 0 Å². The molecular formula is C21H21N5O2.